The molecule has 0 aliphatic carbocycles. The lowest BCUT2D eigenvalue weighted by Crippen LogP contribution is -2.48. The van der Waals surface area contributed by atoms with Crippen molar-refractivity contribution >= 4 is 33.3 Å². The lowest BCUT2D eigenvalue weighted by atomic mass is 10.0. The Labute approximate surface area is 133 Å². The van der Waals surface area contributed by atoms with E-state index in [4.69, 9.17) is 5.11 Å². The van der Waals surface area contributed by atoms with E-state index in [1.54, 1.807) is 22.6 Å². The highest BCUT2D eigenvalue weighted by molar-refractivity contribution is 7.18. The maximum atomic E-state index is 12.4. The van der Waals surface area contributed by atoms with Gasteiger partial charge in [-0.25, -0.2) is 9.97 Å². The fraction of sp³-hybridized carbons (Fsp3) is 0.533. The summed E-state index contributed by atoms with van der Waals surface area (Å²) < 4.78 is 0. The third kappa shape index (κ3) is 2.91. The van der Waals surface area contributed by atoms with Crippen LogP contribution >= 0.6 is 11.3 Å². The highest BCUT2D eigenvalue weighted by Gasteiger charge is 2.29. The average molecular weight is 320 g/mol. The average Bonchev–Trinajstić information content (AvgIpc) is 2.96. The van der Waals surface area contributed by atoms with E-state index >= 15 is 0 Å². The van der Waals surface area contributed by atoms with Crippen LogP contribution in [0.4, 0.5) is 5.82 Å². The number of fused-ring (bicyclic) bond motifs is 1. The third-order valence-electron chi connectivity index (χ3n) is 3.94. The maximum Gasteiger partial charge on any atom is 0.245 e. The molecule has 3 rings (SSSR count). The number of anilines is 1. The minimum atomic E-state index is -0.275. The van der Waals surface area contributed by atoms with Crippen molar-refractivity contribution in [3.05, 3.63) is 17.3 Å². The van der Waals surface area contributed by atoms with Gasteiger partial charge in [-0.15, -0.1) is 11.3 Å². The summed E-state index contributed by atoms with van der Waals surface area (Å²) in [6.45, 7) is 3.23. The molecule has 22 heavy (non-hydrogen) atoms. The van der Waals surface area contributed by atoms with Crippen LogP contribution in [0.5, 0.6) is 0 Å². The van der Waals surface area contributed by atoms with E-state index in [-0.39, 0.29) is 18.6 Å². The Morgan fingerprint density at radius 3 is 3.14 bits per heavy atom. The van der Waals surface area contributed by atoms with Crippen molar-refractivity contribution in [3.8, 4) is 0 Å². The summed E-state index contributed by atoms with van der Waals surface area (Å²) in [5.74, 6) is 0.767. The molecule has 0 bridgehead atoms. The number of nitrogens with one attached hydrogen (secondary N) is 1. The Hall–Kier alpha value is -1.73. The van der Waals surface area contributed by atoms with Gasteiger partial charge in [-0.1, -0.05) is 6.92 Å². The fourth-order valence-corrected chi connectivity index (χ4v) is 3.71. The van der Waals surface area contributed by atoms with Crippen LogP contribution in [0.3, 0.4) is 0 Å². The van der Waals surface area contributed by atoms with Crippen LogP contribution in [0.25, 0.3) is 10.2 Å². The Kier molecular flexibility index (Phi) is 4.54. The minimum absolute atomic E-state index is 0.000598. The predicted molar refractivity (Wildman–Crippen MR) is 87.1 cm³/mol. The number of piperidine rings is 1. The molecule has 1 aliphatic rings. The molecule has 7 heteroatoms. The fourth-order valence-electron chi connectivity index (χ4n) is 2.78. The molecule has 1 fully saturated rings. The summed E-state index contributed by atoms with van der Waals surface area (Å²) in [7, 11) is 0. The number of carbonyl (C=O) groups is 1. The maximum absolute atomic E-state index is 12.4. The molecular weight excluding hydrogens is 300 g/mol. The van der Waals surface area contributed by atoms with Crippen molar-refractivity contribution in [2.75, 3.05) is 25.0 Å². The van der Waals surface area contributed by atoms with Gasteiger partial charge in [0.1, 0.15) is 23.0 Å². The zero-order valence-corrected chi connectivity index (χ0v) is 13.4. The lowest BCUT2D eigenvalue weighted by Gasteiger charge is -2.32. The molecule has 6 nitrogen and oxygen atoms in total. The van der Waals surface area contributed by atoms with E-state index in [0.717, 1.165) is 41.8 Å². The largest absolute Gasteiger partial charge is 0.395 e. The zero-order valence-electron chi connectivity index (χ0n) is 12.6. The molecular formula is C15H20N4O2S. The molecule has 0 aromatic carbocycles. The van der Waals surface area contributed by atoms with Crippen molar-refractivity contribution < 1.29 is 9.90 Å². The van der Waals surface area contributed by atoms with E-state index < -0.39 is 0 Å². The van der Waals surface area contributed by atoms with Gasteiger partial charge in [0.05, 0.1) is 12.0 Å². The molecule has 1 aliphatic heterocycles. The SMILES string of the molecule is CCc1cc2c(N[C@@H]3CCCN(CCO)C3=O)ncnc2s1. The van der Waals surface area contributed by atoms with Gasteiger partial charge in [-0.3, -0.25) is 4.79 Å². The van der Waals surface area contributed by atoms with E-state index in [1.807, 2.05) is 0 Å². The predicted octanol–water partition coefficient (Wildman–Crippen LogP) is 1.65. The molecule has 1 amide bonds. The summed E-state index contributed by atoms with van der Waals surface area (Å²) in [5.41, 5.74) is 0. The van der Waals surface area contributed by atoms with Gasteiger partial charge in [-0.2, -0.15) is 0 Å². The number of aliphatic hydroxyl groups is 1. The quantitative estimate of drug-likeness (QED) is 0.876. The summed E-state index contributed by atoms with van der Waals surface area (Å²) >= 11 is 1.66. The monoisotopic (exact) mass is 320 g/mol. The van der Waals surface area contributed by atoms with E-state index in [2.05, 4.69) is 28.3 Å². The van der Waals surface area contributed by atoms with Crippen LogP contribution in [0, 0.1) is 0 Å². The second kappa shape index (κ2) is 6.58. The Balaban J connectivity index is 1.83. The highest BCUT2D eigenvalue weighted by Crippen LogP contribution is 2.29. The number of carbonyl (C=O) groups excluding carboxylic acids is 1. The van der Waals surface area contributed by atoms with Crippen LogP contribution < -0.4 is 5.32 Å². The number of aryl methyl sites for hydroxylation is 1. The lowest BCUT2D eigenvalue weighted by molar-refractivity contribution is -0.134. The molecule has 1 saturated heterocycles. The molecule has 0 saturated carbocycles. The van der Waals surface area contributed by atoms with Gasteiger partial charge in [-0.05, 0) is 25.3 Å². The number of thiophene rings is 1. The van der Waals surface area contributed by atoms with E-state index in [1.165, 1.54) is 4.88 Å². The second-order valence-corrected chi connectivity index (χ2v) is 6.51. The van der Waals surface area contributed by atoms with Gasteiger partial charge >= 0.3 is 0 Å². The van der Waals surface area contributed by atoms with Gasteiger partial charge in [0, 0.05) is 18.0 Å². The van der Waals surface area contributed by atoms with Crippen molar-refractivity contribution in [1.29, 1.82) is 0 Å². The summed E-state index contributed by atoms with van der Waals surface area (Å²) in [6.07, 6.45) is 4.23. The first-order valence-electron chi connectivity index (χ1n) is 7.62. The number of hydrogen-bond donors (Lipinski definition) is 2. The van der Waals surface area contributed by atoms with Gasteiger partial charge in [0.2, 0.25) is 5.91 Å². The topological polar surface area (TPSA) is 78.4 Å². The second-order valence-electron chi connectivity index (χ2n) is 5.40. The minimum Gasteiger partial charge on any atom is -0.395 e. The number of β-amino-alcohol motifs (C(OH)–C–C–N with tert-alkyl or cyclic N) is 1. The van der Waals surface area contributed by atoms with Crippen LogP contribution in [0.1, 0.15) is 24.6 Å². The smallest absolute Gasteiger partial charge is 0.245 e. The van der Waals surface area contributed by atoms with E-state index in [0.29, 0.717) is 6.54 Å². The zero-order chi connectivity index (χ0) is 15.5. The molecule has 118 valence electrons. The number of aliphatic hydroxyl groups excluding tert-OH is 1. The van der Waals surface area contributed by atoms with Gasteiger partial charge in [0.25, 0.3) is 0 Å². The Bertz CT molecular complexity index is 671. The first-order chi connectivity index (χ1) is 10.7. The number of nitrogens with zero attached hydrogens (tertiary/aromatic N) is 3. The van der Waals surface area contributed by atoms with Crippen molar-refractivity contribution in [3.63, 3.8) is 0 Å². The molecule has 0 spiro atoms. The summed E-state index contributed by atoms with van der Waals surface area (Å²) in [4.78, 5) is 25.0. The van der Waals surface area contributed by atoms with Crippen LogP contribution in [0.15, 0.2) is 12.4 Å². The van der Waals surface area contributed by atoms with Gasteiger partial charge in [0.15, 0.2) is 0 Å². The van der Waals surface area contributed by atoms with Crippen molar-refractivity contribution in [2.45, 2.75) is 32.2 Å². The first-order valence-corrected chi connectivity index (χ1v) is 8.44. The number of rotatable bonds is 5. The van der Waals surface area contributed by atoms with Crippen molar-refractivity contribution in [1.82, 2.24) is 14.9 Å². The van der Waals surface area contributed by atoms with E-state index in [9.17, 15) is 4.79 Å². The van der Waals surface area contributed by atoms with Gasteiger partial charge < -0.3 is 15.3 Å². The Morgan fingerprint density at radius 1 is 1.50 bits per heavy atom. The number of likely N-dealkylation sites (tertiary alicyclic amines) is 1. The van der Waals surface area contributed by atoms with Crippen LogP contribution in [-0.2, 0) is 11.2 Å². The normalized spacial score (nSPS) is 18.9. The van der Waals surface area contributed by atoms with Crippen LogP contribution in [0.2, 0.25) is 0 Å². The molecule has 2 aromatic rings. The number of hydrogen-bond acceptors (Lipinski definition) is 6. The number of amides is 1. The van der Waals surface area contributed by atoms with Crippen LogP contribution in [-0.4, -0.2) is 51.6 Å². The first kappa shape index (κ1) is 15.2. The summed E-state index contributed by atoms with van der Waals surface area (Å²) in [5, 5.41) is 13.3. The number of aromatic nitrogens is 2. The summed E-state index contributed by atoms with van der Waals surface area (Å²) in [6, 6.07) is 1.82. The molecule has 3 heterocycles. The standard InChI is InChI=1S/C15H20N4O2S/c1-2-10-8-11-13(16-9-17-14(11)22-10)18-12-4-3-5-19(6-7-20)15(12)21/h8-9,12,20H,2-7H2,1H3,(H,16,17,18)/t12-/m1/s1. The highest BCUT2D eigenvalue weighted by atomic mass is 32.1. The third-order valence-corrected chi connectivity index (χ3v) is 5.13. The molecule has 1 atom stereocenters. The van der Waals surface area contributed by atoms with Crippen molar-refractivity contribution in [2.24, 2.45) is 0 Å². The molecule has 2 N–H and O–H groups in total. The molecule has 0 unspecified atom stereocenters. The molecule has 2 aromatic heterocycles. The Morgan fingerprint density at radius 2 is 2.36 bits per heavy atom. The molecule has 0 radical (unpaired) electrons.